The molecule has 0 aliphatic heterocycles. The third-order valence-electron chi connectivity index (χ3n) is 17.8. The van der Waals surface area contributed by atoms with Crippen LogP contribution in [0.25, 0.3) is 0 Å². The number of rotatable bonds is 75. The van der Waals surface area contributed by atoms with Gasteiger partial charge in [0.2, 0.25) is 0 Å². The van der Waals surface area contributed by atoms with Crippen molar-refractivity contribution in [2.45, 2.75) is 401 Å². The quantitative estimate of drug-likeness (QED) is 0.0169. The minimum absolute atomic E-state index is 0.0841. The van der Waals surface area contributed by atoms with E-state index in [4.69, 9.17) is 37.0 Å². The lowest BCUT2D eigenvalue weighted by molar-refractivity contribution is -0.161. The molecule has 5 atom stereocenters. The van der Waals surface area contributed by atoms with E-state index in [1.54, 1.807) is 0 Å². The molecule has 0 radical (unpaired) electrons. The maximum Gasteiger partial charge on any atom is 0.472 e. The highest BCUT2D eigenvalue weighted by Gasteiger charge is 2.30. The van der Waals surface area contributed by atoms with Crippen molar-refractivity contribution in [2.75, 3.05) is 39.6 Å². The van der Waals surface area contributed by atoms with Crippen LogP contribution >= 0.6 is 15.6 Å². The molecule has 0 aliphatic carbocycles. The van der Waals surface area contributed by atoms with Crippen LogP contribution in [0.5, 0.6) is 0 Å². The summed E-state index contributed by atoms with van der Waals surface area (Å²) < 4.78 is 68.6. The number of unbranched alkanes of at least 4 members (excludes halogenated alkanes) is 40. The van der Waals surface area contributed by atoms with Crippen LogP contribution in [0.3, 0.4) is 0 Å². The first kappa shape index (κ1) is 95.5. The first-order valence-electron chi connectivity index (χ1n) is 40.2. The molecule has 0 saturated carbocycles. The van der Waals surface area contributed by atoms with Crippen LogP contribution in [0.2, 0.25) is 0 Å². The second kappa shape index (κ2) is 68.9. The fraction of sp³-hybridized carbons (Fsp3) is 0.899. The Bertz CT molecular complexity index is 2000. The summed E-state index contributed by atoms with van der Waals surface area (Å²) in [5, 5.41) is 10.6. The van der Waals surface area contributed by atoms with Gasteiger partial charge in [0, 0.05) is 25.7 Å². The van der Waals surface area contributed by atoms with Crippen molar-refractivity contribution in [3.8, 4) is 0 Å². The van der Waals surface area contributed by atoms with Crippen LogP contribution < -0.4 is 0 Å². The molecule has 0 aromatic heterocycles. The van der Waals surface area contributed by atoms with Crippen molar-refractivity contribution in [1.29, 1.82) is 0 Å². The average Bonchev–Trinajstić information content (AvgIpc) is 1.00. The summed E-state index contributed by atoms with van der Waals surface area (Å²) in [7, 11) is -9.93. The van der Waals surface area contributed by atoms with Gasteiger partial charge in [0.1, 0.15) is 19.3 Å². The Morgan fingerprint density at radius 3 is 0.827 bits per heavy atom. The van der Waals surface area contributed by atoms with Gasteiger partial charge in [-0.1, -0.05) is 330 Å². The number of hydrogen-bond acceptors (Lipinski definition) is 15. The summed E-state index contributed by atoms with van der Waals surface area (Å²) in [4.78, 5) is 72.9. The van der Waals surface area contributed by atoms with Crippen molar-refractivity contribution in [3.05, 3.63) is 24.3 Å². The van der Waals surface area contributed by atoms with E-state index < -0.39 is 97.5 Å². The highest BCUT2D eigenvalue weighted by atomic mass is 31.2. The lowest BCUT2D eigenvalue weighted by atomic mass is 10.0. The van der Waals surface area contributed by atoms with E-state index >= 15 is 0 Å². The summed E-state index contributed by atoms with van der Waals surface area (Å²) in [6.45, 7) is 11.8. The smallest absolute Gasteiger partial charge is 0.462 e. The van der Waals surface area contributed by atoms with E-state index in [-0.39, 0.29) is 25.7 Å². The Morgan fingerprint density at radius 1 is 0.316 bits per heavy atom. The molecule has 0 heterocycles. The average molecular weight is 1430 g/mol. The molecule has 0 spiro atoms. The van der Waals surface area contributed by atoms with Gasteiger partial charge in [-0.2, -0.15) is 0 Å². The third kappa shape index (κ3) is 71.9. The molecular weight excluding hydrogens is 1280 g/mol. The highest BCUT2D eigenvalue weighted by molar-refractivity contribution is 7.47. The van der Waals surface area contributed by atoms with E-state index in [1.165, 1.54) is 173 Å². The van der Waals surface area contributed by atoms with E-state index in [0.717, 1.165) is 121 Å². The maximum absolute atomic E-state index is 13.1. The molecule has 98 heavy (non-hydrogen) atoms. The Labute approximate surface area is 599 Å². The molecule has 0 fully saturated rings. The van der Waals surface area contributed by atoms with E-state index in [2.05, 4.69) is 72.8 Å². The molecule has 578 valence electrons. The van der Waals surface area contributed by atoms with Crippen LogP contribution in [0, 0.1) is 17.8 Å². The van der Waals surface area contributed by atoms with E-state index in [1.807, 2.05) is 0 Å². The van der Waals surface area contributed by atoms with Crippen molar-refractivity contribution in [3.63, 3.8) is 0 Å². The van der Waals surface area contributed by atoms with Crippen LogP contribution in [0.1, 0.15) is 382 Å². The lowest BCUT2D eigenvalue weighted by Gasteiger charge is -2.21. The molecule has 3 N–H and O–H groups in total. The Hall–Kier alpha value is -2.46. The first-order chi connectivity index (χ1) is 47.2. The number of hydrogen-bond donors (Lipinski definition) is 3. The standard InChI is InChI=1S/C79H150O17P2/c1-8-9-10-11-12-13-14-15-17-21-28-33-40-48-55-62-79(84)96-75(67-90-77(82)61-54-47-42-35-38-45-52-59-72(6)7)69-94-98(87,88)92-65-73(80)64-91-97(85,86)93-68-74(66-89-76(81)60-53-46-39-32-27-24-23-26-31-37-44-51-58-71(4)5)95-78(83)63-56-49-41-34-29-22-19-16-18-20-25-30-36-43-50-57-70(2)3/h13-15,17,70-75,80H,8-12,16,18-69H2,1-7H3,(H,85,86)(H,87,88)/b14-13-,17-15-/t73?,74-,75-/m1/s1. The van der Waals surface area contributed by atoms with Gasteiger partial charge in [0.15, 0.2) is 12.2 Å². The summed E-state index contributed by atoms with van der Waals surface area (Å²) in [6.07, 6.45) is 59.1. The molecule has 17 nitrogen and oxygen atoms in total. The van der Waals surface area contributed by atoms with Gasteiger partial charge < -0.3 is 33.8 Å². The second-order valence-electron chi connectivity index (χ2n) is 29.2. The zero-order valence-corrected chi connectivity index (χ0v) is 65.5. The molecule has 3 unspecified atom stereocenters. The van der Waals surface area contributed by atoms with Gasteiger partial charge in [-0.15, -0.1) is 0 Å². The van der Waals surface area contributed by atoms with Gasteiger partial charge in [0.25, 0.3) is 0 Å². The largest absolute Gasteiger partial charge is 0.472 e. The van der Waals surface area contributed by atoms with E-state index in [0.29, 0.717) is 31.6 Å². The van der Waals surface area contributed by atoms with Gasteiger partial charge in [0.05, 0.1) is 26.4 Å². The van der Waals surface area contributed by atoms with E-state index in [9.17, 15) is 43.2 Å². The fourth-order valence-corrected chi connectivity index (χ4v) is 13.2. The molecule has 0 amide bonds. The van der Waals surface area contributed by atoms with Crippen molar-refractivity contribution < 1.29 is 80.2 Å². The zero-order chi connectivity index (χ0) is 72.3. The van der Waals surface area contributed by atoms with Crippen LogP contribution in [0.15, 0.2) is 24.3 Å². The number of allylic oxidation sites excluding steroid dienone is 4. The third-order valence-corrected chi connectivity index (χ3v) is 19.7. The number of esters is 4. The molecule has 0 aromatic carbocycles. The summed E-state index contributed by atoms with van der Waals surface area (Å²) in [5.74, 6) is 0.139. The molecular formula is C79H150O17P2. The van der Waals surface area contributed by atoms with Crippen molar-refractivity contribution >= 4 is 39.5 Å². The zero-order valence-electron chi connectivity index (χ0n) is 63.7. The number of phosphoric ester groups is 2. The summed E-state index contributed by atoms with van der Waals surface area (Å²) >= 11 is 0. The molecule has 0 bridgehead atoms. The van der Waals surface area contributed by atoms with Crippen LogP contribution in [-0.4, -0.2) is 96.7 Å². The normalized spacial score (nSPS) is 14.2. The van der Waals surface area contributed by atoms with Crippen LogP contribution in [-0.2, 0) is 65.4 Å². The summed E-state index contributed by atoms with van der Waals surface area (Å²) in [5.41, 5.74) is 0. The minimum Gasteiger partial charge on any atom is -0.462 e. The number of carbonyl (C=O) groups excluding carboxylic acids is 4. The van der Waals surface area contributed by atoms with Crippen LogP contribution in [0.4, 0.5) is 0 Å². The minimum atomic E-state index is -4.97. The SMILES string of the molecule is CCCCCC/C=C\C=C/CCCCCCCC(=O)O[C@H](COC(=O)CCCCCCCCCC(C)C)COP(=O)(O)OCC(O)COP(=O)(O)OC[C@@H](COC(=O)CCCCCCCCCCCCCCC(C)C)OC(=O)CCCCCCCCCCCCCCCCCC(C)C. The monoisotopic (exact) mass is 1430 g/mol. The van der Waals surface area contributed by atoms with Gasteiger partial charge in [-0.25, -0.2) is 9.13 Å². The number of carbonyl (C=O) groups is 4. The number of aliphatic hydroxyl groups is 1. The van der Waals surface area contributed by atoms with Gasteiger partial charge in [-0.05, 0) is 69.1 Å². The lowest BCUT2D eigenvalue weighted by Crippen LogP contribution is -2.30. The number of phosphoric acid groups is 2. The fourth-order valence-electron chi connectivity index (χ4n) is 11.6. The highest BCUT2D eigenvalue weighted by Crippen LogP contribution is 2.45. The second-order valence-corrected chi connectivity index (χ2v) is 32.1. The van der Waals surface area contributed by atoms with Gasteiger partial charge >= 0.3 is 39.5 Å². The Morgan fingerprint density at radius 2 is 0.551 bits per heavy atom. The predicted octanol–water partition coefficient (Wildman–Crippen LogP) is 22.9. The molecule has 0 aliphatic rings. The molecule has 19 heteroatoms. The molecule has 0 saturated heterocycles. The molecule has 0 rings (SSSR count). The summed E-state index contributed by atoms with van der Waals surface area (Å²) in [6, 6.07) is 0. The van der Waals surface area contributed by atoms with Crippen molar-refractivity contribution in [2.24, 2.45) is 17.8 Å². The Kier molecular flexibility index (Phi) is 67.2. The number of aliphatic hydroxyl groups excluding tert-OH is 1. The Balaban J connectivity index is 5.28. The maximum atomic E-state index is 13.1. The predicted molar refractivity (Wildman–Crippen MR) is 400 cm³/mol. The topological polar surface area (TPSA) is 237 Å². The first-order valence-corrected chi connectivity index (χ1v) is 43.2. The van der Waals surface area contributed by atoms with Gasteiger partial charge in [-0.3, -0.25) is 37.3 Å². The number of ether oxygens (including phenoxy) is 4. The van der Waals surface area contributed by atoms with Crippen molar-refractivity contribution in [1.82, 2.24) is 0 Å². The molecule has 0 aromatic rings.